The van der Waals surface area contributed by atoms with Crippen molar-refractivity contribution in [2.75, 3.05) is 0 Å². The molecule has 2 aromatic heterocycles. The van der Waals surface area contributed by atoms with Gasteiger partial charge in [-0.2, -0.15) is 4.68 Å². The summed E-state index contributed by atoms with van der Waals surface area (Å²) in [5.41, 5.74) is 1.03. The van der Waals surface area contributed by atoms with Crippen LogP contribution in [0.2, 0.25) is 0 Å². The molecule has 1 amide bonds. The van der Waals surface area contributed by atoms with Crippen LogP contribution < -0.4 is 11.1 Å². The maximum atomic E-state index is 12.1. The van der Waals surface area contributed by atoms with E-state index >= 15 is 0 Å². The van der Waals surface area contributed by atoms with E-state index in [1.165, 1.54) is 16.0 Å². The average Bonchev–Trinajstić information content (AvgIpc) is 3.23. The van der Waals surface area contributed by atoms with Gasteiger partial charge in [-0.15, -0.1) is 16.4 Å². The lowest BCUT2D eigenvalue weighted by Gasteiger charge is -2.13. The number of aromatic nitrogens is 2. The van der Waals surface area contributed by atoms with Crippen molar-refractivity contribution in [3.05, 3.63) is 64.0 Å². The maximum absolute atomic E-state index is 12.1. The van der Waals surface area contributed by atoms with Gasteiger partial charge in [-0.05, 0) is 23.9 Å². The molecule has 7 heteroatoms. The number of hydrogen-bond donors (Lipinski definition) is 1. The molecule has 0 bridgehead atoms. The van der Waals surface area contributed by atoms with Crippen LogP contribution in [-0.2, 0) is 11.3 Å². The summed E-state index contributed by atoms with van der Waals surface area (Å²) >= 11 is 1.44. The fraction of sp³-hybridized carbons (Fsp3) is 0.235. The summed E-state index contributed by atoms with van der Waals surface area (Å²) in [7, 11) is 0. The minimum atomic E-state index is -0.553. The lowest BCUT2D eigenvalue weighted by Crippen LogP contribution is -2.28. The molecule has 0 saturated carbocycles. The molecule has 1 N–H and O–H groups in total. The second kappa shape index (κ2) is 7.27. The van der Waals surface area contributed by atoms with E-state index in [2.05, 4.69) is 10.4 Å². The highest BCUT2D eigenvalue weighted by molar-refractivity contribution is 7.13. The van der Waals surface area contributed by atoms with Gasteiger partial charge in [0, 0.05) is 6.42 Å². The van der Waals surface area contributed by atoms with Crippen molar-refractivity contribution in [3.8, 4) is 10.8 Å². The van der Waals surface area contributed by atoms with Gasteiger partial charge in [-0.1, -0.05) is 36.4 Å². The van der Waals surface area contributed by atoms with Gasteiger partial charge in [0.2, 0.25) is 5.91 Å². The van der Waals surface area contributed by atoms with Gasteiger partial charge in [-0.3, -0.25) is 4.79 Å². The van der Waals surface area contributed by atoms with E-state index in [4.69, 9.17) is 4.42 Å². The summed E-state index contributed by atoms with van der Waals surface area (Å²) in [6.07, 6.45) is 0.160. The number of nitrogens with one attached hydrogen (secondary N) is 1. The van der Waals surface area contributed by atoms with Crippen LogP contribution in [-0.4, -0.2) is 15.7 Å². The summed E-state index contributed by atoms with van der Waals surface area (Å²) in [6, 6.07) is 13.3. The predicted octanol–water partition coefficient (Wildman–Crippen LogP) is 2.83. The fourth-order valence-electron chi connectivity index (χ4n) is 2.29. The van der Waals surface area contributed by atoms with Crippen LogP contribution in [0.25, 0.3) is 10.8 Å². The Morgan fingerprint density at radius 2 is 2.08 bits per heavy atom. The summed E-state index contributed by atoms with van der Waals surface area (Å²) in [6.45, 7) is 2.10. The predicted molar refractivity (Wildman–Crippen MR) is 91.7 cm³/mol. The monoisotopic (exact) mass is 343 g/mol. The quantitative estimate of drug-likeness (QED) is 0.746. The molecule has 0 unspecified atom stereocenters. The van der Waals surface area contributed by atoms with E-state index in [0.717, 1.165) is 10.4 Å². The van der Waals surface area contributed by atoms with Gasteiger partial charge in [0.05, 0.1) is 17.5 Å². The summed E-state index contributed by atoms with van der Waals surface area (Å²) in [5.74, 6) is -0.408. The molecule has 1 atom stereocenters. The number of rotatable bonds is 6. The van der Waals surface area contributed by atoms with Crippen molar-refractivity contribution in [2.24, 2.45) is 0 Å². The van der Waals surface area contributed by atoms with E-state index in [9.17, 15) is 9.59 Å². The Morgan fingerprint density at radius 1 is 1.29 bits per heavy atom. The molecule has 0 spiro atoms. The van der Waals surface area contributed by atoms with Crippen molar-refractivity contribution in [2.45, 2.75) is 25.9 Å². The number of hydrogen-bond acceptors (Lipinski definition) is 5. The zero-order chi connectivity index (χ0) is 16.9. The number of carbonyl (C=O) groups excluding carboxylic acids is 1. The molecular formula is C17H17N3O3S. The van der Waals surface area contributed by atoms with Gasteiger partial charge in [0.1, 0.15) is 0 Å². The highest BCUT2D eigenvalue weighted by Crippen LogP contribution is 2.21. The number of aryl methyl sites for hydroxylation is 1. The highest BCUT2D eigenvalue weighted by Gasteiger charge is 2.13. The standard InChI is InChI=1S/C17H17N3O3S/c1-12(13-6-3-2-4-7-13)18-15(21)9-10-20-17(22)23-16(19-20)14-8-5-11-24-14/h2-8,11-12H,9-10H2,1H3,(H,18,21)/t12-/m0/s1. The maximum Gasteiger partial charge on any atom is 0.437 e. The second-order valence-corrected chi connectivity index (χ2v) is 6.27. The molecule has 0 radical (unpaired) electrons. The van der Waals surface area contributed by atoms with E-state index in [1.807, 2.05) is 54.8 Å². The first-order valence-corrected chi connectivity index (χ1v) is 8.47. The first kappa shape index (κ1) is 16.2. The zero-order valence-corrected chi connectivity index (χ0v) is 14.0. The third-order valence-electron chi connectivity index (χ3n) is 3.57. The van der Waals surface area contributed by atoms with Crippen molar-refractivity contribution in [1.29, 1.82) is 0 Å². The smallest absolute Gasteiger partial charge is 0.387 e. The summed E-state index contributed by atoms with van der Waals surface area (Å²) < 4.78 is 6.30. The molecule has 0 saturated heterocycles. The van der Waals surface area contributed by atoms with E-state index in [-0.39, 0.29) is 30.8 Å². The SMILES string of the molecule is C[C@H](NC(=O)CCn1nc(-c2cccs2)oc1=O)c1ccccc1. The van der Waals surface area contributed by atoms with Crippen LogP contribution in [0.1, 0.15) is 24.9 Å². The lowest BCUT2D eigenvalue weighted by molar-refractivity contribution is -0.122. The van der Waals surface area contributed by atoms with E-state index in [1.54, 1.807) is 0 Å². The van der Waals surface area contributed by atoms with Gasteiger partial charge < -0.3 is 9.73 Å². The Kier molecular flexibility index (Phi) is 4.90. The summed E-state index contributed by atoms with van der Waals surface area (Å²) in [4.78, 5) is 24.6. The van der Waals surface area contributed by atoms with Crippen LogP contribution in [0, 0.1) is 0 Å². The largest absolute Gasteiger partial charge is 0.437 e. The lowest BCUT2D eigenvalue weighted by atomic mass is 10.1. The molecule has 6 nitrogen and oxygen atoms in total. The first-order valence-electron chi connectivity index (χ1n) is 7.59. The Bertz CT molecular complexity index is 853. The van der Waals surface area contributed by atoms with E-state index < -0.39 is 5.76 Å². The van der Waals surface area contributed by atoms with Crippen molar-refractivity contribution >= 4 is 17.2 Å². The third kappa shape index (κ3) is 3.80. The Balaban J connectivity index is 1.58. The molecule has 1 aromatic carbocycles. The van der Waals surface area contributed by atoms with Crippen LogP contribution in [0.3, 0.4) is 0 Å². The van der Waals surface area contributed by atoms with Gasteiger partial charge >= 0.3 is 5.76 Å². The number of amides is 1. The van der Waals surface area contributed by atoms with E-state index in [0.29, 0.717) is 0 Å². The van der Waals surface area contributed by atoms with Gasteiger partial charge in [0.25, 0.3) is 5.89 Å². The number of benzene rings is 1. The van der Waals surface area contributed by atoms with Crippen molar-refractivity contribution < 1.29 is 9.21 Å². The first-order chi connectivity index (χ1) is 11.6. The highest BCUT2D eigenvalue weighted by atomic mass is 32.1. The summed E-state index contributed by atoms with van der Waals surface area (Å²) in [5, 5.41) is 8.92. The average molecular weight is 343 g/mol. The molecule has 3 aromatic rings. The molecule has 24 heavy (non-hydrogen) atoms. The third-order valence-corrected chi connectivity index (χ3v) is 4.42. The van der Waals surface area contributed by atoms with Gasteiger partial charge in [0.15, 0.2) is 0 Å². The molecule has 0 aliphatic rings. The molecule has 3 rings (SSSR count). The minimum absolute atomic E-state index is 0.0885. The number of carbonyl (C=O) groups is 1. The molecule has 0 fully saturated rings. The minimum Gasteiger partial charge on any atom is -0.387 e. The fourth-order valence-corrected chi connectivity index (χ4v) is 2.94. The van der Waals surface area contributed by atoms with Crippen molar-refractivity contribution in [3.63, 3.8) is 0 Å². The zero-order valence-electron chi connectivity index (χ0n) is 13.1. The molecular weight excluding hydrogens is 326 g/mol. The molecule has 2 heterocycles. The molecule has 0 aliphatic carbocycles. The Labute approximate surface area is 142 Å². The molecule has 0 aliphatic heterocycles. The number of thiophene rings is 1. The Morgan fingerprint density at radius 3 is 2.79 bits per heavy atom. The van der Waals surface area contributed by atoms with Crippen molar-refractivity contribution in [1.82, 2.24) is 15.1 Å². The normalized spacial score (nSPS) is 12.0. The van der Waals surface area contributed by atoms with Crippen LogP contribution in [0.15, 0.2) is 57.1 Å². The van der Waals surface area contributed by atoms with Crippen LogP contribution in [0.5, 0.6) is 0 Å². The van der Waals surface area contributed by atoms with Gasteiger partial charge in [-0.25, -0.2) is 4.79 Å². The topological polar surface area (TPSA) is 77.1 Å². The van der Waals surface area contributed by atoms with Crippen LogP contribution in [0.4, 0.5) is 0 Å². The molecule has 124 valence electrons. The number of nitrogens with zero attached hydrogens (tertiary/aromatic N) is 2. The Hall–Kier alpha value is -2.67. The van der Waals surface area contributed by atoms with Crippen LogP contribution >= 0.6 is 11.3 Å². The second-order valence-electron chi connectivity index (χ2n) is 5.32.